The Labute approximate surface area is 123 Å². The summed E-state index contributed by atoms with van der Waals surface area (Å²) in [6, 6.07) is 5.21. The fourth-order valence-electron chi connectivity index (χ4n) is 1.44. The van der Waals surface area contributed by atoms with Crippen LogP contribution < -0.4 is 10.7 Å². The van der Waals surface area contributed by atoms with Gasteiger partial charge in [-0.25, -0.2) is 5.43 Å². The van der Waals surface area contributed by atoms with Crippen LogP contribution in [0.2, 0.25) is 5.02 Å². The highest BCUT2D eigenvalue weighted by molar-refractivity contribution is 6.30. The third kappa shape index (κ3) is 5.84. The lowest BCUT2D eigenvalue weighted by molar-refractivity contribution is -0.124. The van der Waals surface area contributed by atoms with E-state index in [0.29, 0.717) is 10.7 Å². The summed E-state index contributed by atoms with van der Waals surface area (Å²) in [6.45, 7) is 5.40. The Kier molecular flexibility index (Phi) is 6.18. The van der Waals surface area contributed by atoms with E-state index in [-0.39, 0.29) is 24.7 Å². The van der Waals surface area contributed by atoms with Crippen molar-refractivity contribution in [3.05, 3.63) is 28.8 Å². The molecule has 0 saturated carbocycles. The first-order valence-electron chi connectivity index (χ1n) is 6.24. The summed E-state index contributed by atoms with van der Waals surface area (Å²) in [5.41, 5.74) is 4.69. The summed E-state index contributed by atoms with van der Waals surface area (Å²) < 4.78 is 0. The maximum absolute atomic E-state index is 11.7. The predicted octanol–water partition coefficient (Wildman–Crippen LogP) is 2.88. The van der Waals surface area contributed by atoms with E-state index in [1.807, 2.05) is 6.92 Å². The van der Waals surface area contributed by atoms with E-state index < -0.39 is 0 Å². The Morgan fingerprint density at radius 2 is 1.85 bits per heavy atom. The standard InChI is InChI=1S/C14H18ClN3O2/c1-9(2)17-18-14(20)7-6-13(19)16-12-5-4-11(15)8-10(12)3/h4-5,8H,6-7H2,1-3H3,(H,16,19)(H,18,20). The maximum Gasteiger partial charge on any atom is 0.240 e. The number of nitrogens with zero attached hydrogens (tertiary/aromatic N) is 1. The number of aryl methyl sites for hydroxylation is 1. The average Bonchev–Trinajstić information content (AvgIpc) is 2.37. The Hall–Kier alpha value is -1.88. The molecule has 0 spiro atoms. The molecule has 0 aliphatic carbocycles. The van der Waals surface area contributed by atoms with E-state index in [2.05, 4.69) is 15.8 Å². The zero-order valence-corrected chi connectivity index (χ0v) is 12.5. The van der Waals surface area contributed by atoms with E-state index >= 15 is 0 Å². The van der Waals surface area contributed by atoms with E-state index in [0.717, 1.165) is 11.3 Å². The second kappa shape index (κ2) is 7.65. The van der Waals surface area contributed by atoms with Gasteiger partial charge in [-0.3, -0.25) is 9.59 Å². The summed E-state index contributed by atoms with van der Waals surface area (Å²) in [7, 11) is 0. The molecule has 1 aromatic carbocycles. The van der Waals surface area contributed by atoms with Crippen LogP contribution in [0.5, 0.6) is 0 Å². The summed E-state index contributed by atoms with van der Waals surface area (Å²) in [6.07, 6.45) is 0.196. The molecule has 2 N–H and O–H groups in total. The molecule has 0 aliphatic rings. The molecular weight excluding hydrogens is 278 g/mol. The van der Waals surface area contributed by atoms with Gasteiger partial charge in [-0.1, -0.05) is 11.6 Å². The number of halogens is 1. The summed E-state index contributed by atoms with van der Waals surface area (Å²) in [4.78, 5) is 23.1. The van der Waals surface area contributed by atoms with Crippen molar-refractivity contribution < 1.29 is 9.59 Å². The van der Waals surface area contributed by atoms with Crippen molar-refractivity contribution >= 4 is 34.8 Å². The first-order valence-corrected chi connectivity index (χ1v) is 6.62. The van der Waals surface area contributed by atoms with Crippen LogP contribution in [0, 0.1) is 6.92 Å². The molecule has 0 bridgehead atoms. The SMILES string of the molecule is CC(C)=NNC(=O)CCC(=O)Nc1ccc(Cl)cc1C. The number of benzene rings is 1. The number of hydrazone groups is 1. The highest BCUT2D eigenvalue weighted by Gasteiger charge is 2.08. The molecule has 0 heterocycles. The van der Waals surface area contributed by atoms with Gasteiger partial charge in [0.25, 0.3) is 0 Å². The Morgan fingerprint density at radius 3 is 2.45 bits per heavy atom. The van der Waals surface area contributed by atoms with Gasteiger partial charge in [0.2, 0.25) is 11.8 Å². The van der Waals surface area contributed by atoms with Crippen LogP contribution in [0.4, 0.5) is 5.69 Å². The van der Waals surface area contributed by atoms with Gasteiger partial charge in [0, 0.05) is 29.3 Å². The predicted molar refractivity (Wildman–Crippen MR) is 81.0 cm³/mol. The molecule has 1 rings (SSSR count). The fourth-order valence-corrected chi connectivity index (χ4v) is 1.66. The van der Waals surface area contributed by atoms with Crippen molar-refractivity contribution in [2.24, 2.45) is 5.10 Å². The monoisotopic (exact) mass is 295 g/mol. The molecule has 0 aliphatic heterocycles. The third-order valence-corrected chi connectivity index (χ3v) is 2.68. The molecule has 0 aromatic heterocycles. The van der Waals surface area contributed by atoms with Gasteiger partial charge in [-0.15, -0.1) is 0 Å². The average molecular weight is 296 g/mol. The lowest BCUT2D eigenvalue weighted by atomic mass is 10.2. The summed E-state index contributed by atoms with van der Waals surface area (Å²) in [5.74, 6) is -0.503. The number of carbonyl (C=O) groups is 2. The van der Waals surface area contributed by atoms with Crippen LogP contribution in [-0.2, 0) is 9.59 Å². The molecule has 20 heavy (non-hydrogen) atoms. The number of rotatable bonds is 5. The number of amides is 2. The molecule has 0 saturated heterocycles. The molecular formula is C14H18ClN3O2. The molecule has 5 nitrogen and oxygen atoms in total. The molecule has 0 atom stereocenters. The van der Waals surface area contributed by atoms with Crippen molar-refractivity contribution in [1.82, 2.24) is 5.43 Å². The topological polar surface area (TPSA) is 70.6 Å². The van der Waals surface area contributed by atoms with Gasteiger partial charge in [0.15, 0.2) is 0 Å². The summed E-state index contributed by atoms with van der Waals surface area (Å²) in [5, 5.41) is 7.14. The number of hydrogen-bond acceptors (Lipinski definition) is 3. The van der Waals surface area contributed by atoms with Gasteiger partial charge in [-0.05, 0) is 44.5 Å². The first-order chi connectivity index (χ1) is 9.38. The maximum atomic E-state index is 11.7. The van der Waals surface area contributed by atoms with Crippen LogP contribution in [0.1, 0.15) is 32.3 Å². The van der Waals surface area contributed by atoms with Crippen LogP contribution in [0.25, 0.3) is 0 Å². The molecule has 6 heteroatoms. The molecule has 1 aromatic rings. The van der Waals surface area contributed by atoms with E-state index in [9.17, 15) is 9.59 Å². The lowest BCUT2D eigenvalue weighted by Gasteiger charge is -2.08. The molecule has 0 fully saturated rings. The molecule has 0 radical (unpaired) electrons. The zero-order valence-electron chi connectivity index (χ0n) is 11.8. The van der Waals surface area contributed by atoms with Crippen LogP contribution >= 0.6 is 11.6 Å². The molecule has 2 amide bonds. The van der Waals surface area contributed by atoms with E-state index in [4.69, 9.17) is 11.6 Å². The van der Waals surface area contributed by atoms with Crippen molar-refractivity contribution in [3.63, 3.8) is 0 Å². The number of carbonyl (C=O) groups excluding carboxylic acids is 2. The zero-order chi connectivity index (χ0) is 15.1. The van der Waals surface area contributed by atoms with Crippen LogP contribution in [-0.4, -0.2) is 17.5 Å². The summed E-state index contributed by atoms with van der Waals surface area (Å²) >= 11 is 5.84. The quantitative estimate of drug-likeness (QED) is 0.648. The van der Waals surface area contributed by atoms with Crippen LogP contribution in [0.3, 0.4) is 0 Å². The lowest BCUT2D eigenvalue weighted by Crippen LogP contribution is -2.21. The number of anilines is 1. The van der Waals surface area contributed by atoms with Gasteiger partial charge < -0.3 is 5.32 Å². The molecule has 108 valence electrons. The highest BCUT2D eigenvalue weighted by Crippen LogP contribution is 2.19. The van der Waals surface area contributed by atoms with Gasteiger partial charge in [-0.2, -0.15) is 5.10 Å². The number of hydrogen-bond donors (Lipinski definition) is 2. The fraction of sp³-hybridized carbons (Fsp3) is 0.357. The Morgan fingerprint density at radius 1 is 1.20 bits per heavy atom. The second-order valence-electron chi connectivity index (χ2n) is 4.60. The smallest absolute Gasteiger partial charge is 0.240 e. The van der Waals surface area contributed by atoms with Crippen molar-refractivity contribution in [2.75, 3.05) is 5.32 Å². The second-order valence-corrected chi connectivity index (χ2v) is 5.04. The van der Waals surface area contributed by atoms with Crippen molar-refractivity contribution in [3.8, 4) is 0 Å². The largest absolute Gasteiger partial charge is 0.326 e. The van der Waals surface area contributed by atoms with Gasteiger partial charge in [0.1, 0.15) is 0 Å². The van der Waals surface area contributed by atoms with Crippen molar-refractivity contribution in [2.45, 2.75) is 33.6 Å². The first kappa shape index (κ1) is 16.2. The van der Waals surface area contributed by atoms with Crippen molar-refractivity contribution in [1.29, 1.82) is 0 Å². The van der Waals surface area contributed by atoms with Crippen LogP contribution in [0.15, 0.2) is 23.3 Å². The van der Waals surface area contributed by atoms with E-state index in [1.165, 1.54) is 0 Å². The van der Waals surface area contributed by atoms with E-state index in [1.54, 1.807) is 32.0 Å². The Balaban J connectivity index is 2.44. The highest BCUT2D eigenvalue weighted by atomic mass is 35.5. The minimum Gasteiger partial charge on any atom is -0.326 e. The third-order valence-electron chi connectivity index (χ3n) is 2.45. The van der Waals surface area contributed by atoms with Gasteiger partial charge in [0.05, 0.1) is 0 Å². The number of nitrogens with one attached hydrogen (secondary N) is 2. The normalized spacial score (nSPS) is 9.80. The minimum atomic E-state index is -0.283. The Bertz CT molecular complexity index is 537. The van der Waals surface area contributed by atoms with Gasteiger partial charge >= 0.3 is 0 Å². The molecule has 0 unspecified atom stereocenters. The minimum absolute atomic E-state index is 0.0925.